The number of rotatable bonds is 16. The molecule has 0 atom stereocenters. The van der Waals surface area contributed by atoms with E-state index in [0.717, 1.165) is 12.2 Å². The molecule has 0 saturated heterocycles. The Morgan fingerprint density at radius 3 is 1.78 bits per heavy atom. The van der Waals surface area contributed by atoms with Crippen molar-refractivity contribution < 1.29 is 0 Å². The Labute approximate surface area is 144 Å². The standard InChI is InChI=1S/C21H38N2/c1-3-5-6-7-8-9-10-11-12-13-14-15-16-17-18-21-22-19-20-23(21)4-2/h4,19-20H,2-3,5-18H2,1H3. The van der Waals surface area contributed by atoms with Gasteiger partial charge in [0.1, 0.15) is 5.82 Å². The van der Waals surface area contributed by atoms with Crippen molar-refractivity contribution in [3.8, 4) is 0 Å². The second-order valence-electron chi connectivity index (χ2n) is 6.78. The van der Waals surface area contributed by atoms with Crippen molar-refractivity contribution in [2.24, 2.45) is 0 Å². The molecular weight excluding hydrogens is 280 g/mol. The molecule has 1 heterocycles. The summed E-state index contributed by atoms with van der Waals surface area (Å²) in [6, 6.07) is 0. The lowest BCUT2D eigenvalue weighted by molar-refractivity contribution is 0.534. The van der Waals surface area contributed by atoms with Crippen LogP contribution >= 0.6 is 0 Å². The zero-order valence-corrected chi connectivity index (χ0v) is 15.4. The van der Waals surface area contributed by atoms with E-state index in [-0.39, 0.29) is 0 Å². The maximum atomic E-state index is 4.38. The Balaban J connectivity index is 1.79. The van der Waals surface area contributed by atoms with Crippen molar-refractivity contribution in [3.05, 3.63) is 24.8 Å². The first-order valence-corrected chi connectivity index (χ1v) is 10.0. The van der Waals surface area contributed by atoms with Crippen molar-refractivity contribution >= 4 is 6.20 Å². The highest BCUT2D eigenvalue weighted by molar-refractivity contribution is 5.19. The minimum Gasteiger partial charge on any atom is -0.311 e. The van der Waals surface area contributed by atoms with Crippen molar-refractivity contribution in [1.29, 1.82) is 0 Å². The van der Waals surface area contributed by atoms with Crippen LogP contribution in [0.4, 0.5) is 0 Å². The third-order valence-corrected chi connectivity index (χ3v) is 4.70. The summed E-state index contributed by atoms with van der Waals surface area (Å²) >= 11 is 0. The van der Waals surface area contributed by atoms with Crippen LogP contribution < -0.4 is 0 Å². The molecule has 0 fully saturated rings. The van der Waals surface area contributed by atoms with Gasteiger partial charge in [-0.05, 0) is 6.42 Å². The van der Waals surface area contributed by atoms with E-state index in [1.165, 1.54) is 89.9 Å². The summed E-state index contributed by atoms with van der Waals surface area (Å²) in [4.78, 5) is 4.38. The van der Waals surface area contributed by atoms with Gasteiger partial charge in [-0.2, -0.15) is 0 Å². The number of unbranched alkanes of at least 4 members (excludes halogenated alkanes) is 13. The van der Waals surface area contributed by atoms with Crippen LogP contribution in [0.25, 0.3) is 6.20 Å². The molecule has 0 radical (unpaired) electrons. The van der Waals surface area contributed by atoms with Crippen LogP contribution in [-0.4, -0.2) is 9.55 Å². The van der Waals surface area contributed by atoms with E-state index >= 15 is 0 Å². The van der Waals surface area contributed by atoms with Gasteiger partial charge in [0.15, 0.2) is 0 Å². The average Bonchev–Trinajstić information content (AvgIpc) is 3.02. The Morgan fingerprint density at radius 1 is 0.826 bits per heavy atom. The largest absolute Gasteiger partial charge is 0.311 e. The Hall–Kier alpha value is -1.05. The molecule has 0 spiro atoms. The van der Waals surface area contributed by atoms with E-state index in [2.05, 4.69) is 18.5 Å². The quantitative estimate of drug-likeness (QED) is 0.300. The number of hydrogen-bond donors (Lipinski definition) is 0. The van der Waals surface area contributed by atoms with Crippen LogP contribution in [0.15, 0.2) is 19.0 Å². The van der Waals surface area contributed by atoms with Crippen molar-refractivity contribution in [2.75, 3.05) is 0 Å². The second-order valence-corrected chi connectivity index (χ2v) is 6.78. The summed E-state index contributed by atoms with van der Waals surface area (Å²) in [7, 11) is 0. The van der Waals surface area contributed by atoms with E-state index < -0.39 is 0 Å². The Morgan fingerprint density at radius 2 is 1.30 bits per heavy atom. The van der Waals surface area contributed by atoms with Crippen LogP contribution in [0.1, 0.15) is 103 Å². The molecule has 23 heavy (non-hydrogen) atoms. The molecule has 1 rings (SSSR count). The van der Waals surface area contributed by atoms with Crippen molar-refractivity contribution in [3.63, 3.8) is 0 Å². The fourth-order valence-corrected chi connectivity index (χ4v) is 3.18. The SMILES string of the molecule is C=Cn1ccnc1CCCCCCCCCCCCCCCC. The zero-order chi connectivity index (χ0) is 16.6. The summed E-state index contributed by atoms with van der Waals surface area (Å²) in [5.41, 5.74) is 0. The van der Waals surface area contributed by atoms with Crippen LogP contribution in [0.2, 0.25) is 0 Å². The van der Waals surface area contributed by atoms with Crippen LogP contribution in [0.3, 0.4) is 0 Å². The molecule has 2 heteroatoms. The number of aryl methyl sites for hydroxylation is 1. The van der Waals surface area contributed by atoms with E-state index in [0.29, 0.717) is 0 Å². The molecule has 1 aromatic rings. The highest BCUT2D eigenvalue weighted by Gasteiger charge is 1.99. The maximum absolute atomic E-state index is 4.38. The molecule has 0 unspecified atom stereocenters. The second kappa shape index (κ2) is 14.5. The van der Waals surface area contributed by atoms with Gasteiger partial charge >= 0.3 is 0 Å². The molecular formula is C21H38N2. The maximum Gasteiger partial charge on any atom is 0.112 e. The predicted molar refractivity (Wildman–Crippen MR) is 103 cm³/mol. The Kier molecular flexibility index (Phi) is 12.6. The molecule has 0 aliphatic rings. The molecule has 1 aromatic heterocycles. The van der Waals surface area contributed by atoms with Gasteiger partial charge in [-0.1, -0.05) is 97.0 Å². The third-order valence-electron chi connectivity index (χ3n) is 4.70. The van der Waals surface area contributed by atoms with Crippen LogP contribution in [0.5, 0.6) is 0 Å². The van der Waals surface area contributed by atoms with Gasteiger partial charge in [0, 0.05) is 25.0 Å². The number of nitrogens with zero attached hydrogens (tertiary/aromatic N) is 2. The molecule has 0 amide bonds. The normalized spacial score (nSPS) is 11.0. The summed E-state index contributed by atoms with van der Waals surface area (Å²) in [6.45, 7) is 6.09. The lowest BCUT2D eigenvalue weighted by atomic mass is 10.0. The molecule has 0 bridgehead atoms. The molecule has 0 N–H and O–H groups in total. The summed E-state index contributed by atoms with van der Waals surface area (Å²) in [5, 5.41) is 0. The summed E-state index contributed by atoms with van der Waals surface area (Å²) in [5.74, 6) is 1.15. The topological polar surface area (TPSA) is 17.8 Å². The first-order valence-electron chi connectivity index (χ1n) is 10.0. The monoisotopic (exact) mass is 318 g/mol. The number of imidazole rings is 1. The zero-order valence-electron chi connectivity index (χ0n) is 15.4. The molecule has 0 aliphatic carbocycles. The number of aromatic nitrogens is 2. The lowest BCUT2D eigenvalue weighted by Crippen LogP contribution is -1.95. The van der Waals surface area contributed by atoms with Crippen LogP contribution in [0, 0.1) is 0 Å². The molecule has 132 valence electrons. The fraction of sp³-hybridized carbons (Fsp3) is 0.762. The van der Waals surface area contributed by atoms with Crippen molar-refractivity contribution in [2.45, 2.75) is 103 Å². The third kappa shape index (κ3) is 10.4. The lowest BCUT2D eigenvalue weighted by Gasteiger charge is -2.04. The van der Waals surface area contributed by atoms with Gasteiger partial charge in [0.05, 0.1) is 0 Å². The van der Waals surface area contributed by atoms with Gasteiger partial charge in [-0.3, -0.25) is 0 Å². The highest BCUT2D eigenvalue weighted by atomic mass is 15.0. The molecule has 2 nitrogen and oxygen atoms in total. The first-order chi connectivity index (χ1) is 11.4. The van der Waals surface area contributed by atoms with E-state index in [4.69, 9.17) is 0 Å². The summed E-state index contributed by atoms with van der Waals surface area (Å²) in [6.07, 6.45) is 26.5. The highest BCUT2D eigenvalue weighted by Crippen LogP contribution is 2.13. The molecule has 0 aliphatic heterocycles. The first kappa shape index (κ1) is 20.0. The van der Waals surface area contributed by atoms with Crippen LogP contribution in [-0.2, 0) is 6.42 Å². The van der Waals surface area contributed by atoms with Gasteiger partial charge in [-0.25, -0.2) is 4.98 Å². The van der Waals surface area contributed by atoms with Gasteiger partial charge < -0.3 is 4.57 Å². The molecule has 0 saturated carbocycles. The smallest absolute Gasteiger partial charge is 0.112 e. The minimum absolute atomic E-state index is 1.08. The Bertz CT molecular complexity index is 381. The summed E-state index contributed by atoms with van der Waals surface area (Å²) < 4.78 is 2.03. The van der Waals surface area contributed by atoms with Crippen molar-refractivity contribution in [1.82, 2.24) is 9.55 Å². The van der Waals surface area contributed by atoms with E-state index in [1.54, 1.807) is 0 Å². The van der Waals surface area contributed by atoms with E-state index in [9.17, 15) is 0 Å². The average molecular weight is 319 g/mol. The van der Waals surface area contributed by atoms with E-state index in [1.807, 2.05) is 23.2 Å². The minimum atomic E-state index is 1.08. The predicted octanol–water partition coefficient (Wildman–Crippen LogP) is 7.01. The fourth-order valence-electron chi connectivity index (χ4n) is 3.18. The van der Waals surface area contributed by atoms with Gasteiger partial charge in [0.25, 0.3) is 0 Å². The number of hydrogen-bond acceptors (Lipinski definition) is 1. The van der Waals surface area contributed by atoms with Gasteiger partial charge in [-0.15, -0.1) is 0 Å². The molecule has 0 aromatic carbocycles. The van der Waals surface area contributed by atoms with Gasteiger partial charge in [0.2, 0.25) is 0 Å².